The van der Waals surface area contributed by atoms with E-state index in [2.05, 4.69) is 27.7 Å². The van der Waals surface area contributed by atoms with Gasteiger partial charge in [0.1, 0.15) is 12.1 Å². The first-order valence-electron chi connectivity index (χ1n) is 17.3. The third-order valence-electron chi connectivity index (χ3n) is 10.6. The van der Waals surface area contributed by atoms with Crippen LogP contribution in [-0.4, -0.2) is 66.4 Å². The number of halogens is 1. The van der Waals surface area contributed by atoms with Crippen molar-refractivity contribution in [3.63, 3.8) is 0 Å². The molecular weight excluding hydrogens is 640 g/mol. The second kappa shape index (κ2) is 15.6. The number of nitrogens with zero attached hydrogens (tertiary/aromatic N) is 2. The summed E-state index contributed by atoms with van der Waals surface area (Å²) >= 11 is 6.13. The van der Waals surface area contributed by atoms with Crippen molar-refractivity contribution in [2.45, 2.75) is 82.0 Å². The van der Waals surface area contributed by atoms with Crippen molar-refractivity contribution in [1.82, 2.24) is 15.5 Å². The van der Waals surface area contributed by atoms with Crippen LogP contribution >= 0.6 is 11.6 Å². The molecule has 2 fully saturated rings. The van der Waals surface area contributed by atoms with Crippen molar-refractivity contribution in [2.24, 2.45) is 5.92 Å². The van der Waals surface area contributed by atoms with Gasteiger partial charge in [0.25, 0.3) is 0 Å². The van der Waals surface area contributed by atoms with Crippen LogP contribution in [0.3, 0.4) is 0 Å². The van der Waals surface area contributed by atoms with E-state index in [0.29, 0.717) is 56.8 Å². The fourth-order valence-corrected chi connectivity index (χ4v) is 7.89. The van der Waals surface area contributed by atoms with Gasteiger partial charge in [-0.1, -0.05) is 79.0 Å². The van der Waals surface area contributed by atoms with E-state index in [0.717, 1.165) is 36.1 Å². The number of para-hydroxylation sites is 1. The molecule has 2 amide bonds. The summed E-state index contributed by atoms with van der Waals surface area (Å²) in [6.07, 6.45) is 5.81. The molecule has 4 unspecified atom stereocenters. The molecule has 9 nitrogen and oxygen atoms in total. The number of hydrogen-bond acceptors (Lipinski definition) is 7. The van der Waals surface area contributed by atoms with E-state index in [1.165, 1.54) is 12.7 Å². The van der Waals surface area contributed by atoms with Crippen LogP contribution in [0.2, 0.25) is 5.02 Å². The summed E-state index contributed by atoms with van der Waals surface area (Å²) < 4.78 is 4.89. The van der Waals surface area contributed by atoms with Gasteiger partial charge in [0.2, 0.25) is 11.8 Å². The van der Waals surface area contributed by atoms with Crippen LogP contribution in [0.4, 0.5) is 5.69 Å². The van der Waals surface area contributed by atoms with Crippen LogP contribution in [0, 0.1) is 5.92 Å². The van der Waals surface area contributed by atoms with Gasteiger partial charge >= 0.3 is 5.97 Å². The van der Waals surface area contributed by atoms with Crippen molar-refractivity contribution >= 4 is 40.9 Å². The molecular formula is C39H45ClN4O5. The third-order valence-corrected chi connectivity index (χ3v) is 10.8. The summed E-state index contributed by atoms with van der Waals surface area (Å²) in [5.74, 6) is -0.385. The van der Waals surface area contributed by atoms with Crippen LogP contribution in [0.25, 0.3) is 0 Å². The number of amides is 2. The summed E-state index contributed by atoms with van der Waals surface area (Å²) in [6.45, 7) is 0.856. The molecule has 2 heterocycles. The Bertz CT molecular complexity index is 1650. The first-order chi connectivity index (χ1) is 23.8. The van der Waals surface area contributed by atoms with Gasteiger partial charge in [-0.15, -0.1) is 0 Å². The minimum absolute atomic E-state index is 0.00516. The van der Waals surface area contributed by atoms with Gasteiger partial charge < -0.3 is 25.2 Å². The fraction of sp³-hybridized carbons (Fsp3) is 0.436. The van der Waals surface area contributed by atoms with E-state index in [9.17, 15) is 19.2 Å². The maximum absolute atomic E-state index is 14.0. The Morgan fingerprint density at radius 2 is 1.71 bits per heavy atom. The molecule has 0 bridgehead atoms. The molecule has 2 N–H and O–H groups in total. The third kappa shape index (κ3) is 8.00. The van der Waals surface area contributed by atoms with E-state index >= 15 is 0 Å². The summed E-state index contributed by atoms with van der Waals surface area (Å²) in [7, 11) is 1.34. The number of ketones is 1. The molecule has 1 saturated carbocycles. The Morgan fingerprint density at radius 3 is 2.47 bits per heavy atom. The first kappa shape index (κ1) is 34.6. The molecule has 10 heteroatoms. The molecule has 1 saturated heterocycles. The molecule has 49 heavy (non-hydrogen) atoms. The number of hydrogen-bond donors (Lipinski definition) is 2. The molecule has 258 valence electrons. The zero-order valence-electron chi connectivity index (χ0n) is 28.0. The number of Topliss-reactive ketones (excluding diaryl/α,β-unsaturated/α-hetero) is 1. The van der Waals surface area contributed by atoms with Crippen molar-refractivity contribution < 1.29 is 23.9 Å². The number of methoxy groups -OCH3 is 1. The molecule has 6 rings (SSSR count). The molecule has 0 radical (unpaired) electrons. The number of rotatable bonds is 11. The second-order valence-corrected chi connectivity index (χ2v) is 14.1. The van der Waals surface area contributed by atoms with Crippen LogP contribution < -0.4 is 15.5 Å². The normalized spacial score (nSPS) is 22.7. The largest absolute Gasteiger partial charge is 0.468 e. The molecule has 1 aliphatic carbocycles. The van der Waals surface area contributed by atoms with E-state index in [1.54, 1.807) is 17.0 Å². The van der Waals surface area contributed by atoms with Gasteiger partial charge in [0.15, 0.2) is 5.78 Å². The van der Waals surface area contributed by atoms with Gasteiger partial charge in [-0.25, -0.2) is 0 Å². The summed E-state index contributed by atoms with van der Waals surface area (Å²) in [6, 6.07) is 24.3. The van der Waals surface area contributed by atoms with Crippen LogP contribution in [0.1, 0.15) is 61.6 Å². The average Bonchev–Trinajstić information content (AvgIpc) is 3.24. The van der Waals surface area contributed by atoms with E-state index in [-0.39, 0.29) is 30.1 Å². The Balaban J connectivity index is 1.12. The highest BCUT2D eigenvalue weighted by Gasteiger charge is 2.53. The summed E-state index contributed by atoms with van der Waals surface area (Å²) in [5, 5.41) is 7.05. The van der Waals surface area contributed by atoms with Crippen LogP contribution in [0.15, 0.2) is 78.9 Å². The zero-order valence-corrected chi connectivity index (χ0v) is 28.8. The van der Waals surface area contributed by atoms with Crippen molar-refractivity contribution in [3.8, 4) is 0 Å². The number of carbonyl (C=O) groups is 4. The van der Waals surface area contributed by atoms with Gasteiger partial charge in [0, 0.05) is 23.7 Å². The van der Waals surface area contributed by atoms with Crippen molar-refractivity contribution in [3.05, 3.63) is 101 Å². The highest BCUT2D eigenvalue weighted by molar-refractivity contribution is 6.30. The standard InChI is InChI=1S/C39H45ClN4O5/c1-49-36(46)25-43-26-44(32-11-3-2-4-12-32)39(38(43)48)20-7-8-27(19-21-39)15-18-35(45)33(22-28-13-16-31(40)17-14-28)42-37(47)34-23-29-9-5-6-10-30(29)24-41-34/h2-6,9-14,16-17,27,33-34,41H,7-8,15,18-26H2,1H3,(H,42,47). The molecule has 2 aliphatic heterocycles. The Morgan fingerprint density at radius 1 is 0.980 bits per heavy atom. The minimum Gasteiger partial charge on any atom is -0.468 e. The topological polar surface area (TPSA) is 108 Å². The first-order valence-corrected chi connectivity index (χ1v) is 17.7. The molecule has 1 spiro atoms. The van der Waals surface area contributed by atoms with E-state index < -0.39 is 23.6 Å². The van der Waals surface area contributed by atoms with E-state index in [4.69, 9.17) is 16.3 Å². The molecule has 4 atom stereocenters. The lowest BCUT2D eigenvalue weighted by Gasteiger charge is -2.36. The Kier molecular flexibility index (Phi) is 11.0. The highest BCUT2D eigenvalue weighted by atomic mass is 35.5. The predicted octanol–water partition coefficient (Wildman–Crippen LogP) is 5.23. The quantitative estimate of drug-likeness (QED) is 0.267. The molecule has 0 aromatic heterocycles. The number of carbonyl (C=O) groups excluding carboxylic acids is 4. The summed E-state index contributed by atoms with van der Waals surface area (Å²) in [5.41, 5.74) is 3.47. The second-order valence-electron chi connectivity index (χ2n) is 13.6. The molecule has 3 aromatic carbocycles. The lowest BCUT2D eigenvalue weighted by molar-refractivity contribution is -0.146. The van der Waals surface area contributed by atoms with Crippen molar-refractivity contribution in [1.29, 1.82) is 0 Å². The van der Waals surface area contributed by atoms with Crippen LogP contribution in [-0.2, 0) is 43.3 Å². The van der Waals surface area contributed by atoms with Crippen molar-refractivity contribution in [2.75, 3.05) is 25.2 Å². The summed E-state index contributed by atoms with van der Waals surface area (Å²) in [4.78, 5) is 57.4. The smallest absolute Gasteiger partial charge is 0.325 e. The number of anilines is 1. The molecule has 3 aliphatic rings. The van der Waals surface area contributed by atoms with E-state index in [1.807, 2.05) is 54.6 Å². The molecule has 3 aromatic rings. The lowest BCUT2D eigenvalue weighted by Crippen LogP contribution is -2.52. The highest BCUT2D eigenvalue weighted by Crippen LogP contribution is 2.43. The SMILES string of the molecule is COC(=O)CN1CN(c2ccccc2)C2(CCCC(CCC(=O)C(Cc3ccc(Cl)cc3)NC(=O)C3Cc4ccccc4CN3)CC2)C1=O. The fourth-order valence-electron chi connectivity index (χ4n) is 7.76. The number of benzene rings is 3. The lowest BCUT2D eigenvalue weighted by atomic mass is 9.86. The number of ether oxygens (including phenoxy) is 1. The predicted molar refractivity (Wildman–Crippen MR) is 189 cm³/mol. The number of esters is 1. The Hall–Kier alpha value is -4.21. The number of fused-ring (bicyclic) bond motifs is 1. The maximum Gasteiger partial charge on any atom is 0.325 e. The zero-order chi connectivity index (χ0) is 34.4. The van der Waals surface area contributed by atoms with Gasteiger partial charge in [-0.2, -0.15) is 0 Å². The van der Waals surface area contributed by atoms with Gasteiger partial charge in [-0.3, -0.25) is 19.2 Å². The minimum atomic E-state index is -0.745. The van der Waals surface area contributed by atoms with Gasteiger partial charge in [0.05, 0.1) is 25.9 Å². The number of nitrogens with one attached hydrogen (secondary N) is 2. The maximum atomic E-state index is 14.0. The Labute approximate surface area is 293 Å². The average molecular weight is 685 g/mol. The van der Waals surface area contributed by atoms with Gasteiger partial charge in [-0.05, 0) is 85.4 Å². The van der Waals surface area contributed by atoms with Crippen LogP contribution in [0.5, 0.6) is 0 Å². The monoisotopic (exact) mass is 684 g/mol.